The van der Waals surface area contributed by atoms with Gasteiger partial charge in [0.1, 0.15) is 0 Å². The molecule has 1 aromatic carbocycles. The number of hydrogen-bond acceptors (Lipinski definition) is 2. The fourth-order valence-corrected chi connectivity index (χ4v) is 2.13. The van der Waals surface area contributed by atoms with E-state index in [0.717, 1.165) is 42.0 Å². The van der Waals surface area contributed by atoms with Crippen LogP contribution in [0.15, 0.2) is 24.3 Å². The number of nitrogens with one attached hydrogen (secondary N) is 1. The quantitative estimate of drug-likeness (QED) is 0.628. The maximum Gasteiger partial charge on any atom is 0.178 e. The smallest absolute Gasteiger partial charge is 0.178 e. The number of H-pyrrole nitrogens is 1. The van der Waals surface area contributed by atoms with Gasteiger partial charge in [0, 0.05) is 13.2 Å². The monoisotopic (exact) mass is 250 g/mol. The van der Waals surface area contributed by atoms with E-state index >= 15 is 0 Å². The van der Waals surface area contributed by atoms with Crippen molar-refractivity contribution in [3.8, 4) is 0 Å². The zero-order chi connectivity index (χ0) is 12.1. The molecule has 0 aliphatic rings. The van der Waals surface area contributed by atoms with E-state index in [1.54, 1.807) is 0 Å². The van der Waals surface area contributed by atoms with Crippen molar-refractivity contribution in [1.82, 2.24) is 9.55 Å². The molecule has 3 nitrogen and oxygen atoms in total. The van der Waals surface area contributed by atoms with Gasteiger partial charge in [-0.05, 0) is 30.8 Å². The standard InChI is InChI=1S/C13H18N2OS/c1-2-3-9-16-10-8-15-12-7-5-4-6-11(12)14-13(15)17/h4-7H,2-3,8-10H2,1H3,(H,14,17). The highest BCUT2D eigenvalue weighted by Crippen LogP contribution is 2.13. The largest absolute Gasteiger partial charge is 0.380 e. The minimum Gasteiger partial charge on any atom is -0.380 e. The number of rotatable bonds is 6. The zero-order valence-electron chi connectivity index (χ0n) is 10.1. The minimum absolute atomic E-state index is 0.718. The van der Waals surface area contributed by atoms with E-state index in [1.165, 1.54) is 6.42 Å². The van der Waals surface area contributed by atoms with Gasteiger partial charge in [0.2, 0.25) is 0 Å². The van der Waals surface area contributed by atoms with Gasteiger partial charge in [0.05, 0.1) is 17.6 Å². The Balaban J connectivity index is 2.03. The number of imidazole rings is 1. The molecule has 92 valence electrons. The number of aromatic nitrogens is 2. The summed E-state index contributed by atoms with van der Waals surface area (Å²) in [5, 5.41) is 0. The molecular formula is C13H18N2OS. The van der Waals surface area contributed by atoms with Crippen LogP contribution in [0.1, 0.15) is 19.8 Å². The van der Waals surface area contributed by atoms with Gasteiger partial charge in [-0.1, -0.05) is 25.5 Å². The van der Waals surface area contributed by atoms with E-state index < -0.39 is 0 Å². The summed E-state index contributed by atoms with van der Waals surface area (Å²) in [4.78, 5) is 3.20. The van der Waals surface area contributed by atoms with Crippen LogP contribution in [0.5, 0.6) is 0 Å². The highest BCUT2D eigenvalue weighted by Gasteiger charge is 2.02. The van der Waals surface area contributed by atoms with Crippen LogP contribution >= 0.6 is 12.2 Å². The molecule has 2 rings (SSSR count). The molecule has 0 aliphatic carbocycles. The number of benzene rings is 1. The Hall–Kier alpha value is -1.13. The first-order chi connectivity index (χ1) is 8.33. The average molecular weight is 250 g/mol. The van der Waals surface area contributed by atoms with Crippen LogP contribution < -0.4 is 0 Å². The number of aromatic amines is 1. The first-order valence-corrected chi connectivity index (χ1v) is 6.49. The predicted octanol–water partition coefficient (Wildman–Crippen LogP) is 3.52. The molecule has 0 aliphatic heterocycles. The Labute approximate surface area is 106 Å². The molecule has 0 bridgehead atoms. The molecule has 0 saturated heterocycles. The van der Waals surface area contributed by atoms with E-state index in [9.17, 15) is 0 Å². The minimum atomic E-state index is 0.718. The van der Waals surface area contributed by atoms with Crippen molar-refractivity contribution < 1.29 is 4.74 Å². The van der Waals surface area contributed by atoms with Gasteiger partial charge in [0.25, 0.3) is 0 Å². The van der Waals surface area contributed by atoms with Crippen molar-refractivity contribution in [3.05, 3.63) is 29.0 Å². The second kappa shape index (κ2) is 5.98. The van der Waals surface area contributed by atoms with Gasteiger partial charge in [0.15, 0.2) is 4.77 Å². The molecule has 1 aromatic heterocycles. The van der Waals surface area contributed by atoms with Gasteiger partial charge < -0.3 is 14.3 Å². The van der Waals surface area contributed by atoms with E-state index in [4.69, 9.17) is 17.0 Å². The number of fused-ring (bicyclic) bond motifs is 1. The number of hydrogen-bond donors (Lipinski definition) is 1. The van der Waals surface area contributed by atoms with Crippen molar-refractivity contribution in [2.24, 2.45) is 0 Å². The molecule has 0 unspecified atom stereocenters. The summed E-state index contributed by atoms with van der Waals surface area (Å²) in [5.41, 5.74) is 2.24. The summed E-state index contributed by atoms with van der Waals surface area (Å²) in [6.45, 7) is 4.54. The molecule has 0 radical (unpaired) electrons. The Morgan fingerprint density at radius 2 is 2.12 bits per heavy atom. The molecule has 0 amide bonds. The lowest BCUT2D eigenvalue weighted by Crippen LogP contribution is -2.06. The molecule has 0 saturated carbocycles. The van der Waals surface area contributed by atoms with E-state index in [1.807, 2.05) is 18.2 Å². The predicted molar refractivity (Wildman–Crippen MR) is 72.8 cm³/mol. The number of para-hydroxylation sites is 2. The van der Waals surface area contributed by atoms with Gasteiger partial charge >= 0.3 is 0 Å². The van der Waals surface area contributed by atoms with Crippen LogP contribution in [-0.4, -0.2) is 22.8 Å². The number of nitrogens with zero attached hydrogens (tertiary/aromatic N) is 1. The third kappa shape index (κ3) is 2.96. The first-order valence-electron chi connectivity index (χ1n) is 6.08. The maximum atomic E-state index is 5.57. The van der Waals surface area contributed by atoms with Crippen LogP contribution in [-0.2, 0) is 11.3 Å². The topological polar surface area (TPSA) is 29.9 Å². The van der Waals surface area contributed by atoms with Crippen molar-refractivity contribution >= 4 is 23.3 Å². The summed E-state index contributed by atoms with van der Waals surface area (Å²) in [7, 11) is 0. The van der Waals surface area contributed by atoms with E-state index in [-0.39, 0.29) is 0 Å². The molecular weight excluding hydrogens is 232 g/mol. The molecule has 0 atom stereocenters. The van der Waals surface area contributed by atoms with Gasteiger partial charge in [-0.2, -0.15) is 0 Å². The second-order valence-electron chi connectivity index (χ2n) is 4.06. The molecule has 0 fully saturated rings. The van der Waals surface area contributed by atoms with Gasteiger partial charge in [-0.25, -0.2) is 0 Å². The number of unbranched alkanes of at least 4 members (excludes halogenated alkanes) is 1. The average Bonchev–Trinajstić information content (AvgIpc) is 2.65. The molecule has 0 spiro atoms. The third-order valence-corrected chi connectivity index (χ3v) is 3.11. The SMILES string of the molecule is CCCCOCCn1c(=S)[nH]c2ccccc21. The fourth-order valence-electron chi connectivity index (χ4n) is 1.83. The summed E-state index contributed by atoms with van der Waals surface area (Å²) in [5.74, 6) is 0. The van der Waals surface area contributed by atoms with E-state index in [2.05, 4.69) is 22.5 Å². The number of ether oxygens (including phenoxy) is 1. The van der Waals surface area contributed by atoms with Crippen molar-refractivity contribution in [1.29, 1.82) is 0 Å². The molecule has 1 heterocycles. The van der Waals surface area contributed by atoms with Gasteiger partial charge in [-0.3, -0.25) is 0 Å². The Morgan fingerprint density at radius 3 is 2.94 bits per heavy atom. The molecule has 4 heteroatoms. The lowest BCUT2D eigenvalue weighted by atomic mass is 10.3. The fraction of sp³-hybridized carbons (Fsp3) is 0.462. The van der Waals surface area contributed by atoms with Crippen LogP contribution in [0.25, 0.3) is 11.0 Å². The van der Waals surface area contributed by atoms with Crippen LogP contribution in [0.4, 0.5) is 0 Å². The van der Waals surface area contributed by atoms with Crippen LogP contribution in [0, 0.1) is 4.77 Å². The summed E-state index contributed by atoms with van der Waals surface area (Å²) >= 11 is 5.31. The Kier molecular flexibility index (Phi) is 4.34. The lowest BCUT2D eigenvalue weighted by Gasteiger charge is -2.05. The van der Waals surface area contributed by atoms with E-state index in [0.29, 0.717) is 0 Å². The van der Waals surface area contributed by atoms with Crippen molar-refractivity contribution in [2.45, 2.75) is 26.3 Å². The highest BCUT2D eigenvalue weighted by atomic mass is 32.1. The van der Waals surface area contributed by atoms with Crippen molar-refractivity contribution in [2.75, 3.05) is 13.2 Å². The first kappa shape index (κ1) is 12.3. The maximum absolute atomic E-state index is 5.57. The summed E-state index contributed by atoms with van der Waals surface area (Å²) in [6, 6.07) is 8.16. The van der Waals surface area contributed by atoms with Gasteiger partial charge in [-0.15, -0.1) is 0 Å². The molecule has 2 aromatic rings. The zero-order valence-corrected chi connectivity index (χ0v) is 10.9. The third-order valence-electron chi connectivity index (χ3n) is 2.78. The second-order valence-corrected chi connectivity index (χ2v) is 4.45. The highest BCUT2D eigenvalue weighted by molar-refractivity contribution is 7.71. The summed E-state index contributed by atoms with van der Waals surface area (Å²) < 4.78 is 8.43. The summed E-state index contributed by atoms with van der Waals surface area (Å²) in [6.07, 6.45) is 2.30. The normalized spacial score (nSPS) is 11.1. The lowest BCUT2D eigenvalue weighted by molar-refractivity contribution is 0.124. The molecule has 17 heavy (non-hydrogen) atoms. The van der Waals surface area contributed by atoms with Crippen LogP contribution in [0.2, 0.25) is 0 Å². The van der Waals surface area contributed by atoms with Crippen molar-refractivity contribution in [3.63, 3.8) is 0 Å². The Bertz CT molecular complexity index is 529. The Morgan fingerprint density at radius 1 is 1.29 bits per heavy atom. The molecule has 1 N–H and O–H groups in total. The van der Waals surface area contributed by atoms with Crippen LogP contribution in [0.3, 0.4) is 0 Å².